The van der Waals surface area contributed by atoms with Crippen LogP contribution in [0.4, 0.5) is 0 Å². The van der Waals surface area contributed by atoms with Crippen molar-refractivity contribution in [1.29, 1.82) is 0 Å². The molecule has 0 spiro atoms. The van der Waals surface area contributed by atoms with Crippen LogP contribution >= 0.6 is 0 Å². The van der Waals surface area contributed by atoms with Crippen LogP contribution in [0.3, 0.4) is 0 Å². The Morgan fingerprint density at radius 2 is 1.67 bits per heavy atom. The zero-order valence-corrected chi connectivity index (χ0v) is 14.2. The van der Waals surface area contributed by atoms with Crippen molar-refractivity contribution >= 4 is 10.0 Å². The van der Waals surface area contributed by atoms with E-state index in [1.54, 1.807) is 36.6 Å². The minimum absolute atomic E-state index is 0.179. The highest BCUT2D eigenvalue weighted by Gasteiger charge is 2.21. The van der Waals surface area contributed by atoms with Gasteiger partial charge in [0, 0.05) is 6.54 Å². The molecular formula is C19H19NO3S. The minimum Gasteiger partial charge on any atom is -0.469 e. The van der Waals surface area contributed by atoms with Crippen LogP contribution in [-0.4, -0.2) is 15.0 Å². The van der Waals surface area contributed by atoms with Gasteiger partial charge in [-0.1, -0.05) is 48.0 Å². The van der Waals surface area contributed by atoms with E-state index in [0.717, 1.165) is 16.9 Å². The maximum Gasteiger partial charge on any atom is 0.240 e. The number of hydrogen-bond acceptors (Lipinski definition) is 3. The van der Waals surface area contributed by atoms with Crippen molar-refractivity contribution in [3.05, 3.63) is 89.9 Å². The van der Waals surface area contributed by atoms with Gasteiger partial charge in [-0.15, -0.1) is 0 Å². The molecule has 0 saturated heterocycles. The summed E-state index contributed by atoms with van der Waals surface area (Å²) in [6, 6.07) is 20.2. The van der Waals surface area contributed by atoms with Crippen LogP contribution in [-0.2, 0) is 10.0 Å². The lowest BCUT2D eigenvalue weighted by Gasteiger charge is -2.16. The molecule has 0 amide bonds. The Hall–Kier alpha value is -2.37. The van der Waals surface area contributed by atoms with Gasteiger partial charge in [-0.05, 0) is 36.8 Å². The van der Waals surface area contributed by atoms with Crippen molar-refractivity contribution in [2.45, 2.75) is 17.7 Å². The van der Waals surface area contributed by atoms with E-state index in [-0.39, 0.29) is 17.4 Å². The van der Waals surface area contributed by atoms with Gasteiger partial charge in [0.05, 0.1) is 17.1 Å². The van der Waals surface area contributed by atoms with Crippen molar-refractivity contribution < 1.29 is 12.8 Å². The monoisotopic (exact) mass is 341 g/mol. The maximum atomic E-state index is 12.5. The molecule has 4 nitrogen and oxygen atoms in total. The van der Waals surface area contributed by atoms with Crippen LogP contribution in [0.25, 0.3) is 0 Å². The maximum absolute atomic E-state index is 12.5. The molecule has 24 heavy (non-hydrogen) atoms. The highest BCUT2D eigenvalue weighted by atomic mass is 32.2. The van der Waals surface area contributed by atoms with E-state index in [9.17, 15) is 8.42 Å². The van der Waals surface area contributed by atoms with E-state index in [0.29, 0.717) is 0 Å². The van der Waals surface area contributed by atoms with E-state index in [4.69, 9.17) is 4.42 Å². The standard InChI is InChI=1S/C19H19NO3S/c1-15-9-11-17(12-10-15)24(21,22)20-14-18(19-8-5-13-23-19)16-6-3-2-4-7-16/h2-13,18,20H,14H2,1H3. The predicted octanol–water partition coefficient (Wildman–Crippen LogP) is 3.70. The molecule has 1 heterocycles. The van der Waals surface area contributed by atoms with Gasteiger partial charge in [-0.2, -0.15) is 0 Å². The fourth-order valence-electron chi connectivity index (χ4n) is 2.55. The largest absolute Gasteiger partial charge is 0.469 e. The number of furan rings is 1. The van der Waals surface area contributed by atoms with Gasteiger partial charge in [0.15, 0.2) is 0 Å². The molecule has 0 aliphatic carbocycles. The lowest BCUT2D eigenvalue weighted by Crippen LogP contribution is -2.29. The van der Waals surface area contributed by atoms with E-state index < -0.39 is 10.0 Å². The Morgan fingerprint density at radius 1 is 0.958 bits per heavy atom. The number of hydrogen-bond donors (Lipinski definition) is 1. The molecule has 0 aliphatic heterocycles. The van der Waals surface area contributed by atoms with Crippen LogP contribution in [0.2, 0.25) is 0 Å². The summed E-state index contributed by atoms with van der Waals surface area (Å²) in [6.45, 7) is 2.15. The van der Waals surface area contributed by atoms with Crippen molar-refractivity contribution in [3.63, 3.8) is 0 Å². The first-order valence-corrected chi connectivity index (χ1v) is 9.19. The van der Waals surface area contributed by atoms with Crippen LogP contribution in [0.5, 0.6) is 0 Å². The predicted molar refractivity (Wildman–Crippen MR) is 93.4 cm³/mol. The summed E-state index contributed by atoms with van der Waals surface area (Å²) in [5.41, 5.74) is 2.02. The summed E-state index contributed by atoms with van der Waals surface area (Å²) < 4.78 is 33.2. The third-order valence-corrected chi connectivity index (χ3v) is 5.34. The van der Waals surface area contributed by atoms with Crippen molar-refractivity contribution in [2.75, 3.05) is 6.54 Å². The Bertz CT molecular complexity index is 870. The SMILES string of the molecule is Cc1ccc(S(=O)(=O)NCC(c2ccccc2)c2ccco2)cc1. The molecule has 3 aromatic rings. The Kier molecular flexibility index (Phi) is 4.83. The average Bonchev–Trinajstić information content (AvgIpc) is 3.11. The number of benzene rings is 2. The van der Waals surface area contributed by atoms with E-state index in [1.165, 1.54) is 0 Å². The third-order valence-electron chi connectivity index (χ3n) is 3.90. The van der Waals surface area contributed by atoms with E-state index >= 15 is 0 Å². The summed E-state index contributed by atoms with van der Waals surface area (Å²) in [6.07, 6.45) is 1.60. The second kappa shape index (κ2) is 7.03. The summed E-state index contributed by atoms with van der Waals surface area (Å²) in [7, 11) is -3.56. The van der Waals surface area contributed by atoms with Gasteiger partial charge in [-0.25, -0.2) is 13.1 Å². The molecule has 2 aromatic carbocycles. The Morgan fingerprint density at radius 3 is 2.29 bits per heavy atom. The minimum atomic E-state index is -3.56. The number of rotatable bonds is 6. The quantitative estimate of drug-likeness (QED) is 0.744. The lowest BCUT2D eigenvalue weighted by molar-refractivity contribution is 0.481. The van der Waals surface area contributed by atoms with Crippen molar-refractivity contribution in [2.24, 2.45) is 0 Å². The highest BCUT2D eigenvalue weighted by molar-refractivity contribution is 7.89. The molecule has 1 unspecified atom stereocenters. The molecule has 1 N–H and O–H groups in total. The first-order chi connectivity index (χ1) is 11.6. The molecule has 3 rings (SSSR count). The van der Waals surface area contributed by atoms with Crippen molar-refractivity contribution in [1.82, 2.24) is 4.72 Å². The highest BCUT2D eigenvalue weighted by Crippen LogP contribution is 2.25. The van der Waals surface area contributed by atoms with Gasteiger partial charge in [0.2, 0.25) is 10.0 Å². The molecule has 0 fully saturated rings. The molecule has 0 saturated carbocycles. The second-order valence-electron chi connectivity index (χ2n) is 5.64. The Labute approximate surface area is 142 Å². The van der Waals surface area contributed by atoms with Gasteiger partial charge >= 0.3 is 0 Å². The fourth-order valence-corrected chi connectivity index (χ4v) is 3.60. The van der Waals surface area contributed by atoms with E-state index in [1.807, 2.05) is 43.3 Å². The third kappa shape index (κ3) is 3.75. The summed E-state index contributed by atoms with van der Waals surface area (Å²) >= 11 is 0. The topological polar surface area (TPSA) is 59.3 Å². The number of aryl methyl sites for hydroxylation is 1. The normalized spacial score (nSPS) is 12.9. The first-order valence-electron chi connectivity index (χ1n) is 7.71. The smallest absolute Gasteiger partial charge is 0.240 e. The summed E-state index contributed by atoms with van der Waals surface area (Å²) in [5, 5.41) is 0. The van der Waals surface area contributed by atoms with Gasteiger partial charge < -0.3 is 4.42 Å². The molecule has 0 radical (unpaired) electrons. The van der Waals surface area contributed by atoms with Gasteiger partial charge in [-0.3, -0.25) is 0 Å². The lowest BCUT2D eigenvalue weighted by atomic mass is 9.97. The van der Waals surface area contributed by atoms with Gasteiger partial charge in [0.1, 0.15) is 5.76 Å². The molecule has 124 valence electrons. The molecule has 0 bridgehead atoms. The average molecular weight is 341 g/mol. The van der Waals surface area contributed by atoms with Crippen LogP contribution in [0.1, 0.15) is 22.8 Å². The van der Waals surface area contributed by atoms with E-state index in [2.05, 4.69) is 4.72 Å². The number of nitrogens with one attached hydrogen (secondary N) is 1. The molecular weight excluding hydrogens is 322 g/mol. The summed E-state index contributed by atoms with van der Waals surface area (Å²) in [5.74, 6) is 0.550. The zero-order valence-electron chi connectivity index (χ0n) is 13.3. The fraction of sp³-hybridized carbons (Fsp3) is 0.158. The molecule has 1 aromatic heterocycles. The summed E-state index contributed by atoms with van der Waals surface area (Å²) in [4.78, 5) is 0.263. The molecule has 5 heteroatoms. The van der Waals surface area contributed by atoms with Crippen LogP contribution in [0, 0.1) is 6.92 Å². The number of sulfonamides is 1. The van der Waals surface area contributed by atoms with Crippen molar-refractivity contribution in [3.8, 4) is 0 Å². The molecule has 1 atom stereocenters. The molecule has 0 aliphatic rings. The van der Waals surface area contributed by atoms with Gasteiger partial charge in [0.25, 0.3) is 0 Å². The first kappa shape index (κ1) is 16.5. The Balaban J connectivity index is 1.82. The zero-order chi connectivity index (χ0) is 17.0. The van der Waals surface area contributed by atoms with Crippen LogP contribution in [0.15, 0.2) is 82.3 Å². The van der Waals surface area contributed by atoms with Crippen LogP contribution < -0.4 is 4.72 Å². The second-order valence-corrected chi connectivity index (χ2v) is 7.41.